The Labute approximate surface area is 405 Å². The summed E-state index contributed by atoms with van der Waals surface area (Å²) >= 11 is 0. The zero-order valence-corrected chi connectivity index (χ0v) is 44.0. The molecule has 0 aliphatic rings. The van der Waals surface area contributed by atoms with E-state index in [1.165, 1.54) is 225 Å². The van der Waals surface area contributed by atoms with Gasteiger partial charge in [0, 0.05) is 19.3 Å². The van der Waals surface area contributed by atoms with E-state index in [1.54, 1.807) is 0 Å². The number of hydrogen-bond donors (Lipinski definition) is 0. The molecular weight excluding hydrogens is 805 g/mol. The first kappa shape index (κ1) is 63.1. The number of esters is 3. The predicted molar refractivity (Wildman–Crippen MR) is 280 cm³/mol. The molecule has 6 nitrogen and oxygen atoms in total. The number of unbranched alkanes of at least 4 members (excludes halogenated alkanes) is 41. The van der Waals surface area contributed by atoms with Gasteiger partial charge in [-0.3, -0.25) is 14.4 Å². The maximum Gasteiger partial charge on any atom is 0.306 e. The quantitative estimate of drug-likeness (QED) is 0.0262. The van der Waals surface area contributed by atoms with Crippen LogP contribution in [-0.2, 0) is 28.6 Å². The van der Waals surface area contributed by atoms with Gasteiger partial charge in [-0.05, 0) is 44.9 Å². The lowest BCUT2D eigenvalue weighted by atomic mass is 10.0. The fourth-order valence-corrected chi connectivity index (χ4v) is 8.85. The summed E-state index contributed by atoms with van der Waals surface area (Å²) in [5.74, 6) is -0.858. The van der Waals surface area contributed by atoms with Gasteiger partial charge < -0.3 is 14.2 Å². The van der Waals surface area contributed by atoms with Crippen LogP contribution in [0.5, 0.6) is 0 Å². The highest BCUT2D eigenvalue weighted by atomic mass is 16.6. The van der Waals surface area contributed by atoms with Gasteiger partial charge >= 0.3 is 17.9 Å². The third-order valence-corrected chi connectivity index (χ3v) is 13.3. The Morgan fingerprint density at radius 1 is 0.292 bits per heavy atom. The van der Waals surface area contributed by atoms with E-state index in [2.05, 4.69) is 32.9 Å². The zero-order chi connectivity index (χ0) is 47.2. The second kappa shape index (κ2) is 54.8. The van der Waals surface area contributed by atoms with Crippen LogP contribution >= 0.6 is 0 Å². The molecule has 0 N–H and O–H groups in total. The fraction of sp³-hybridized carbons (Fsp3) is 0.915. The van der Waals surface area contributed by atoms with Gasteiger partial charge in [-0.2, -0.15) is 0 Å². The highest BCUT2D eigenvalue weighted by Crippen LogP contribution is 2.17. The Morgan fingerprint density at radius 3 is 0.769 bits per heavy atom. The molecule has 0 aliphatic carbocycles. The topological polar surface area (TPSA) is 78.9 Å². The molecule has 0 saturated heterocycles. The van der Waals surface area contributed by atoms with Crippen molar-refractivity contribution in [3.05, 3.63) is 12.2 Å². The Kier molecular flexibility index (Phi) is 53.2. The predicted octanol–water partition coefficient (Wildman–Crippen LogP) is 19.3. The minimum atomic E-state index is -0.761. The van der Waals surface area contributed by atoms with Gasteiger partial charge in [-0.1, -0.05) is 277 Å². The van der Waals surface area contributed by atoms with Crippen LogP contribution in [0.1, 0.15) is 329 Å². The van der Waals surface area contributed by atoms with E-state index in [1.807, 2.05) is 0 Å². The highest BCUT2D eigenvalue weighted by Gasteiger charge is 2.19. The molecule has 0 spiro atoms. The molecule has 0 aromatic heterocycles. The van der Waals surface area contributed by atoms with Crippen molar-refractivity contribution < 1.29 is 28.6 Å². The molecule has 0 heterocycles. The molecule has 384 valence electrons. The van der Waals surface area contributed by atoms with E-state index in [9.17, 15) is 14.4 Å². The molecule has 0 bridgehead atoms. The van der Waals surface area contributed by atoms with E-state index in [0.29, 0.717) is 19.3 Å². The monoisotopic (exact) mass is 917 g/mol. The highest BCUT2D eigenvalue weighted by molar-refractivity contribution is 5.71. The van der Waals surface area contributed by atoms with Crippen LogP contribution in [0.25, 0.3) is 0 Å². The Morgan fingerprint density at radius 2 is 0.508 bits per heavy atom. The number of allylic oxidation sites excluding steroid dienone is 2. The first-order valence-electron chi connectivity index (χ1n) is 29.2. The van der Waals surface area contributed by atoms with E-state index in [4.69, 9.17) is 14.2 Å². The average molecular weight is 918 g/mol. The Balaban J connectivity index is 4.00. The maximum absolute atomic E-state index is 12.8. The lowest BCUT2D eigenvalue weighted by Crippen LogP contribution is -2.30. The van der Waals surface area contributed by atoms with Crippen LogP contribution in [0.4, 0.5) is 0 Å². The summed E-state index contributed by atoms with van der Waals surface area (Å²) < 4.78 is 16.7. The summed E-state index contributed by atoms with van der Waals surface area (Å²) in [5.41, 5.74) is 0. The smallest absolute Gasteiger partial charge is 0.306 e. The molecular formula is C59H112O6. The molecule has 0 aliphatic heterocycles. The largest absolute Gasteiger partial charge is 0.462 e. The standard InChI is InChI=1S/C59H112O6/c1-4-7-10-13-15-17-19-21-23-25-26-27-28-29-30-31-32-34-35-37-39-41-43-46-49-52-58(61)64-55-56(54-63-57(60)51-48-45-12-9-6-3)65-59(62)53-50-47-44-42-40-38-36-33-24-22-20-18-16-14-11-8-5-2/h25-26,56H,4-24,27-55H2,1-3H3/b26-25-. The molecule has 65 heavy (non-hydrogen) atoms. The molecule has 1 atom stereocenters. The summed E-state index contributed by atoms with van der Waals surface area (Å²) in [5, 5.41) is 0. The van der Waals surface area contributed by atoms with Gasteiger partial charge in [0.15, 0.2) is 6.10 Å². The number of carbonyl (C=O) groups is 3. The van der Waals surface area contributed by atoms with Gasteiger partial charge in [-0.25, -0.2) is 0 Å². The zero-order valence-electron chi connectivity index (χ0n) is 44.0. The second-order valence-electron chi connectivity index (χ2n) is 19.9. The summed E-state index contributed by atoms with van der Waals surface area (Å²) in [6.45, 7) is 6.61. The van der Waals surface area contributed by atoms with Crippen LogP contribution in [0.15, 0.2) is 12.2 Å². The lowest BCUT2D eigenvalue weighted by molar-refractivity contribution is -0.167. The number of hydrogen-bond acceptors (Lipinski definition) is 6. The molecule has 1 unspecified atom stereocenters. The van der Waals surface area contributed by atoms with Crippen LogP contribution < -0.4 is 0 Å². The first-order chi connectivity index (χ1) is 32.0. The van der Waals surface area contributed by atoms with Crippen molar-refractivity contribution >= 4 is 17.9 Å². The summed E-state index contributed by atoms with van der Waals surface area (Å²) in [4.78, 5) is 37.8. The van der Waals surface area contributed by atoms with Gasteiger partial charge in [0.05, 0.1) is 0 Å². The van der Waals surface area contributed by atoms with Crippen LogP contribution in [0.3, 0.4) is 0 Å². The average Bonchev–Trinajstić information content (AvgIpc) is 3.30. The maximum atomic E-state index is 12.8. The Bertz CT molecular complexity index is 1010. The first-order valence-corrected chi connectivity index (χ1v) is 29.2. The lowest BCUT2D eigenvalue weighted by Gasteiger charge is -2.18. The minimum Gasteiger partial charge on any atom is -0.462 e. The van der Waals surface area contributed by atoms with Crippen molar-refractivity contribution in [2.75, 3.05) is 13.2 Å². The van der Waals surface area contributed by atoms with Crippen molar-refractivity contribution in [3.8, 4) is 0 Å². The molecule has 0 saturated carbocycles. The van der Waals surface area contributed by atoms with E-state index < -0.39 is 6.10 Å². The Hall–Kier alpha value is -1.85. The van der Waals surface area contributed by atoms with Gasteiger partial charge in [-0.15, -0.1) is 0 Å². The van der Waals surface area contributed by atoms with Crippen molar-refractivity contribution in [3.63, 3.8) is 0 Å². The number of carbonyl (C=O) groups excluding carboxylic acids is 3. The summed E-state index contributed by atoms with van der Waals surface area (Å²) in [6.07, 6.45) is 62.6. The van der Waals surface area contributed by atoms with Crippen molar-refractivity contribution in [1.29, 1.82) is 0 Å². The fourth-order valence-electron chi connectivity index (χ4n) is 8.85. The molecule has 0 fully saturated rings. The third kappa shape index (κ3) is 53.0. The SMILES string of the molecule is CCCCCCCCCC/C=C\CCCCCCCCCCCCCCCC(=O)OCC(COC(=O)CCCCCCC)OC(=O)CCCCCCCCCCCCCCCCCCC. The molecule has 0 aromatic carbocycles. The molecule has 6 heteroatoms. The number of ether oxygens (including phenoxy) is 3. The van der Waals surface area contributed by atoms with E-state index in [0.717, 1.165) is 64.2 Å². The number of rotatable bonds is 54. The van der Waals surface area contributed by atoms with Crippen molar-refractivity contribution in [2.45, 2.75) is 335 Å². The summed E-state index contributed by atoms with van der Waals surface area (Å²) in [7, 11) is 0. The molecule has 0 rings (SSSR count). The van der Waals surface area contributed by atoms with E-state index in [-0.39, 0.29) is 31.1 Å². The van der Waals surface area contributed by atoms with Gasteiger partial charge in [0.25, 0.3) is 0 Å². The normalized spacial score (nSPS) is 12.0. The van der Waals surface area contributed by atoms with Crippen molar-refractivity contribution in [2.24, 2.45) is 0 Å². The second-order valence-corrected chi connectivity index (χ2v) is 19.9. The molecule has 0 aromatic rings. The molecule has 0 amide bonds. The molecule has 0 radical (unpaired) electrons. The van der Waals surface area contributed by atoms with E-state index >= 15 is 0 Å². The van der Waals surface area contributed by atoms with Crippen LogP contribution in [-0.4, -0.2) is 37.2 Å². The van der Waals surface area contributed by atoms with Gasteiger partial charge in [0.1, 0.15) is 13.2 Å². The van der Waals surface area contributed by atoms with Crippen molar-refractivity contribution in [1.82, 2.24) is 0 Å². The van der Waals surface area contributed by atoms with Crippen LogP contribution in [0.2, 0.25) is 0 Å². The van der Waals surface area contributed by atoms with Crippen LogP contribution in [0, 0.1) is 0 Å². The van der Waals surface area contributed by atoms with Gasteiger partial charge in [0.2, 0.25) is 0 Å². The summed E-state index contributed by atoms with van der Waals surface area (Å²) in [6, 6.07) is 0. The third-order valence-electron chi connectivity index (χ3n) is 13.3. The minimum absolute atomic E-state index is 0.0653.